The van der Waals surface area contributed by atoms with Gasteiger partial charge >= 0.3 is 0 Å². The summed E-state index contributed by atoms with van der Waals surface area (Å²) in [6, 6.07) is 3.83. The molecule has 1 atom stereocenters. The molecule has 0 bridgehead atoms. The largest absolute Gasteiger partial charge is 0.341 e. The van der Waals surface area contributed by atoms with Gasteiger partial charge in [0.05, 0.1) is 10.5 Å². The molecule has 2 amide bonds. The molecule has 2 aliphatic heterocycles. The molecule has 0 aromatic heterocycles. The monoisotopic (exact) mass is 457 g/mol. The fraction of sp³-hybridized carbons (Fsp3) is 0.529. The molecule has 2 heterocycles. The number of piperidine rings is 1. The van der Waals surface area contributed by atoms with Crippen molar-refractivity contribution in [2.45, 2.75) is 38.1 Å². The molecular formula is C17H20IN3O4. The van der Waals surface area contributed by atoms with Gasteiger partial charge in [0.1, 0.15) is 6.04 Å². The number of non-ortho nitro benzene ring substituents is 1. The molecule has 3 rings (SSSR count). The minimum atomic E-state index is -0.504. The van der Waals surface area contributed by atoms with Crippen LogP contribution in [0.5, 0.6) is 0 Å². The highest BCUT2D eigenvalue weighted by Gasteiger charge is 2.36. The Hall–Kier alpha value is -1.71. The van der Waals surface area contributed by atoms with Gasteiger partial charge in [0.15, 0.2) is 0 Å². The average Bonchev–Trinajstić information content (AvgIpc) is 3.15. The molecule has 2 saturated heterocycles. The van der Waals surface area contributed by atoms with Crippen LogP contribution in [0.1, 0.15) is 42.5 Å². The van der Waals surface area contributed by atoms with Gasteiger partial charge in [-0.05, 0) is 60.8 Å². The van der Waals surface area contributed by atoms with E-state index in [0.29, 0.717) is 22.1 Å². The maximum Gasteiger partial charge on any atom is 0.270 e. The lowest BCUT2D eigenvalue weighted by atomic mass is 9.99. The number of nitro groups is 1. The lowest BCUT2D eigenvalue weighted by Crippen LogP contribution is -2.52. The first-order valence-electron chi connectivity index (χ1n) is 8.53. The van der Waals surface area contributed by atoms with Gasteiger partial charge in [-0.2, -0.15) is 0 Å². The highest BCUT2D eigenvalue weighted by molar-refractivity contribution is 14.1. The number of nitro benzene ring substituents is 1. The Morgan fingerprint density at radius 1 is 1.12 bits per heavy atom. The smallest absolute Gasteiger partial charge is 0.270 e. The maximum absolute atomic E-state index is 13.1. The summed E-state index contributed by atoms with van der Waals surface area (Å²) in [4.78, 5) is 39.9. The molecule has 0 saturated carbocycles. The van der Waals surface area contributed by atoms with Gasteiger partial charge in [-0.25, -0.2) is 0 Å². The second kappa shape index (κ2) is 7.67. The Kier molecular flexibility index (Phi) is 5.55. The molecule has 25 heavy (non-hydrogen) atoms. The zero-order chi connectivity index (χ0) is 18.0. The van der Waals surface area contributed by atoms with Crippen LogP contribution >= 0.6 is 22.6 Å². The predicted octanol–water partition coefficient (Wildman–Crippen LogP) is 2.82. The van der Waals surface area contributed by atoms with Crippen LogP contribution in [0, 0.1) is 13.7 Å². The Balaban J connectivity index is 1.87. The third-order valence-corrected chi connectivity index (χ3v) is 5.80. The summed E-state index contributed by atoms with van der Waals surface area (Å²) in [5.74, 6) is -0.267. The van der Waals surface area contributed by atoms with Crippen LogP contribution in [-0.2, 0) is 4.79 Å². The molecule has 1 unspecified atom stereocenters. The van der Waals surface area contributed by atoms with E-state index in [2.05, 4.69) is 0 Å². The van der Waals surface area contributed by atoms with Gasteiger partial charge in [0.25, 0.3) is 11.6 Å². The van der Waals surface area contributed by atoms with Crippen molar-refractivity contribution < 1.29 is 14.5 Å². The van der Waals surface area contributed by atoms with Crippen molar-refractivity contribution in [2.24, 2.45) is 0 Å². The Labute approximate surface area is 159 Å². The van der Waals surface area contributed by atoms with Gasteiger partial charge in [-0.3, -0.25) is 19.7 Å². The molecule has 0 radical (unpaired) electrons. The second-order valence-electron chi connectivity index (χ2n) is 6.46. The van der Waals surface area contributed by atoms with Crippen molar-refractivity contribution >= 4 is 40.1 Å². The quantitative estimate of drug-likeness (QED) is 0.397. The Morgan fingerprint density at radius 2 is 1.80 bits per heavy atom. The Bertz CT molecular complexity index is 703. The highest BCUT2D eigenvalue weighted by atomic mass is 127. The number of hydrogen-bond donors (Lipinski definition) is 0. The standard InChI is InChI=1S/C17H20IN3O4/c18-14-7-6-12(21(24)25)11-13(14)16(22)20-10-2-1-5-15(20)17(23)19-8-3-4-9-19/h6-7,11,15H,1-5,8-10H2. The van der Waals surface area contributed by atoms with Crippen LogP contribution in [0.25, 0.3) is 0 Å². The molecule has 134 valence electrons. The topological polar surface area (TPSA) is 83.8 Å². The molecule has 0 spiro atoms. The Morgan fingerprint density at radius 3 is 2.48 bits per heavy atom. The fourth-order valence-electron chi connectivity index (χ4n) is 3.53. The molecule has 0 N–H and O–H groups in total. The van der Waals surface area contributed by atoms with Gasteiger partial charge in [-0.15, -0.1) is 0 Å². The van der Waals surface area contributed by atoms with Crippen molar-refractivity contribution in [3.05, 3.63) is 37.4 Å². The number of carbonyl (C=O) groups excluding carboxylic acids is 2. The van der Waals surface area contributed by atoms with Crippen LogP contribution in [0.15, 0.2) is 18.2 Å². The normalized spacial score (nSPS) is 20.6. The number of rotatable bonds is 3. The third-order valence-electron chi connectivity index (χ3n) is 4.86. The zero-order valence-electron chi connectivity index (χ0n) is 13.8. The van der Waals surface area contributed by atoms with Crippen molar-refractivity contribution in [3.63, 3.8) is 0 Å². The van der Waals surface area contributed by atoms with Gasteiger partial charge < -0.3 is 9.80 Å². The minimum absolute atomic E-state index is 0.0194. The number of hydrogen-bond acceptors (Lipinski definition) is 4. The average molecular weight is 457 g/mol. The molecule has 0 aliphatic carbocycles. The van der Waals surface area contributed by atoms with E-state index in [0.717, 1.165) is 38.8 Å². The lowest BCUT2D eigenvalue weighted by Gasteiger charge is -2.37. The molecule has 7 nitrogen and oxygen atoms in total. The van der Waals surface area contributed by atoms with E-state index in [-0.39, 0.29) is 17.5 Å². The van der Waals surface area contributed by atoms with E-state index in [9.17, 15) is 19.7 Å². The van der Waals surface area contributed by atoms with E-state index in [1.807, 2.05) is 27.5 Å². The number of benzene rings is 1. The number of amides is 2. The van der Waals surface area contributed by atoms with E-state index < -0.39 is 11.0 Å². The van der Waals surface area contributed by atoms with Gasteiger partial charge in [0.2, 0.25) is 5.91 Å². The van der Waals surface area contributed by atoms with Crippen LogP contribution in [-0.4, -0.2) is 52.2 Å². The van der Waals surface area contributed by atoms with E-state index in [1.165, 1.54) is 12.1 Å². The van der Waals surface area contributed by atoms with Crippen molar-refractivity contribution in [2.75, 3.05) is 19.6 Å². The highest BCUT2D eigenvalue weighted by Crippen LogP contribution is 2.26. The number of nitrogens with zero attached hydrogens (tertiary/aromatic N) is 3. The number of likely N-dealkylation sites (tertiary alicyclic amines) is 2. The van der Waals surface area contributed by atoms with Gasteiger partial charge in [-0.1, -0.05) is 0 Å². The molecule has 8 heteroatoms. The molecule has 1 aromatic carbocycles. The number of carbonyl (C=O) groups is 2. The maximum atomic E-state index is 13.1. The van der Waals surface area contributed by atoms with Crippen LogP contribution < -0.4 is 0 Å². The summed E-state index contributed by atoms with van der Waals surface area (Å²) in [6.45, 7) is 2.03. The third kappa shape index (κ3) is 3.78. The van der Waals surface area contributed by atoms with Gasteiger partial charge in [0, 0.05) is 35.3 Å². The summed E-state index contributed by atoms with van der Waals surface area (Å²) in [5, 5.41) is 11.0. The van der Waals surface area contributed by atoms with Crippen molar-refractivity contribution in [3.8, 4) is 0 Å². The van der Waals surface area contributed by atoms with Crippen molar-refractivity contribution in [1.29, 1.82) is 0 Å². The van der Waals surface area contributed by atoms with E-state index in [1.54, 1.807) is 11.0 Å². The van der Waals surface area contributed by atoms with Crippen LogP contribution in [0.4, 0.5) is 5.69 Å². The second-order valence-corrected chi connectivity index (χ2v) is 7.63. The fourth-order valence-corrected chi connectivity index (χ4v) is 4.09. The summed E-state index contributed by atoms with van der Waals surface area (Å²) in [7, 11) is 0. The first-order chi connectivity index (χ1) is 12.0. The first kappa shape index (κ1) is 18.1. The molecular weight excluding hydrogens is 437 g/mol. The summed E-state index contributed by atoms with van der Waals surface area (Å²) in [5.41, 5.74) is 0.194. The number of halogens is 1. The molecule has 1 aromatic rings. The van der Waals surface area contributed by atoms with Crippen molar-refractivity contribution in [1.82, 2.24) is 9.80 Å². The lowest BCUT2D eigenvalue weighted by molar-refractivity contribution is -0.384. The summed E-state index contributed by atoms with van der Waals surface area (Å²) in [6.07, 6.45) is 4.44. The predicted molar refractivity (Wildman–Crippen MR) is 100 cm³/mol. The van der Waals surface area contributed by atoms with E-state index in [4.69, 9.17) is 0 Å². The summed E-state index contributed by atoms with van der Waals surface area (Å²) < 4.78 is 0.658. The molecule has 2 fully saturated rings. The van der Waals surface area contributed by atoms with Crippen LogP contribution in [0.2, 0.25) is 0 Å². The summed E-state index contributed by atoms with van der Waals surface area (Å²) >= 11 is 2.01. The minimum Gasteiger partial charge on any atom is -0.341 e. The SMILES string of the molecule is O=C(C1CCCCN1C(=O)c1cc([N+](=O)[O-])ccc1I)N1CCCC1. The zero-order valence-corrected chi connectivity index (χ0v) is 16.0. The van der Waals surface area contributed by atoms with Crippen LogP contribution in [0.3, 0.4) is 0 Å². The first-order valence-corrected chi connectivity index (χ1v) is 9.60. The molecule has 2 aliphatic rings. The van der Waals surface area contributed by atoms with E-state index >= 15 is 0 Å².